The monoisotopic (exact) mass is 365 g/mol. The van der Waals surface area contributed by atoms with Gasteiger partial charge >= 0.3 is 6.18 Å². The average Bonchev–Trinajstić information content (AvgIpc) is 3.03. The Bertz CT molecular complexity index is 955. The Morgan fingerprint density at radius 2 is 1.60 bits per heavy atom. The number of aromatic nitrogens is 1. The van der Waals surface area contributed by atoms with E-state index < -0.39 is 21.6 Å². The van der Waals surface area contributed by atoms with Crippen LogP contribution in [0.5, 0.6) is 0 Å². The van der Waals surface area contributed by atoms with E-state index in [0.717, 1.165) is 29.5 Å². The predicted molar refractivity (Wildman–Crippen MR) is 89.4 cm³/mol. The number of pyridine rings is 1. The first-order valence-electron chi connectivity index (χ1n) is 7.41. The lowest BCUT2D eigenvalue weighted by Crippen LogP contribution is -2.04. The minimum Gasteiger partial charge on any atom is -0.255 e. The Hall–Kier alpha value is -2.41. The van der Waals surface area contributed by atoms with Gasteiger partial charge in [0, 0.05) is 18.0 Å². The van der Waals surface area contributed by atoms with E-state index in [1.165, 1.54) is 24.4 Å². The Balaban J connectivity index is 1.91. The van der Waals surface area contributed by atoms with Gasteiger partial charge in [-0.2, -0.15) is 13.2 Å². The van der Waals surface area contributed by atoms with Crippen molar-refractivity contribution < 1.29 is 21.6 Å². The van der Waals surface area contributed by atoms with Crippen LogP contribution < -0.4 is 0 Å². The second-order valence-corrected chi connectivity index (χ2v) is 7.71. The van der Waals surface area contributed by atoms with Crippen LogP contribution in [0.15, 0.2) is 59.6 Å². The fourth-order valence-electron chi connectivity index (χ4n) is 2.63. The molecule has 0 amide bonds. The van der Waals surface area contributed by atoms with Gasteiger partial charge in [-0.1, -0.05) is 24.3 Å². The summed E-state index contributed by atoms with van der Waals surface area (Å²) in [6.45, 7) is 0. The summed E-state index contributed by atoms with van der Waals surface area (Å²) >= 11 is 0. The summed E-state index contributed by atoms with van der Waals surface area (Å²) in [6.07, 6.45) is 2.48. The second kappa shape index (κ2) is 6.15. The SMILES string of the molecule is CS(=O)(=O)c1ccc(C2=CCC=C2c2ccc(C(F)(F)F)cc2)nc1. The molecule has 0 saturated heterocycles. The Morgan fingerprint density at radius 1 is 0.960 bits per heavy atom. The number of hydrogen-bond acceptors (Lipinski definition) is 3. The molecule has 3 nitrogen and oxygen atoms in total. The Kier molecular flexibility index (Phi) is 4.28. The van der Waals surface area contributed by atoms with Gasteiger partial charge in [0.05, 0.1) is 16.2 Å². The quantitative estimate of drug-likeness (QED) is 0.811. The number of halogens is 3. The summed E-state index contributed by atoms with van der Waals surface area (Å²) in [4.78, 5) is 4.31. The molecule has 0 N–H and O–H groups in total. The maximum absolute atomic E-state index is 12.7. The number of rotatable bonds is 3. The number of sulfone groups is 1. The van der Waals surface area contributed by atoms with Gasteiger partial charge in [0.25, 0.3) is 0 Å². The van der Waals surface area contributed by atoms with Crippen molar-refractivity contribution in [2.24, 2.45) is 0 Å². The fourth-order valence-corrected chi connectivity index (χ4v) is 3.19. The van der Waals surface area contributed by atoms with E-state index in [-0.39, 0.29) is 4.90 Å². The molecular weight excluding hydrogens is 351 g/mol. The standard InChI is InChI=1S/C18H14F3NO2S/c1-25(23,24)14-9-10-17(22-11-14)16-4-2-3-15(16)12-5-7-13(8-6-12)18(19,20)21/h3-11H,2H2,1H3. The molecule has 1 aliphatic rings. The van der Waals surface area contributed by atoms with E-state index in [2.05, 4.69) is 4.98 Å². The van der Waals surface area contributed by atoms with Gasteiger partial charge in [-0.05, 0) is 41.8 Å². The van der Waals surface area contributed by atoms with Crippen LogP contribution in [-0.4, -0.2) is 19.7 Å². The molecule has 3 rings (SSSR count). The molecule has 0 atom stereocenters. The third kappa shape index (κ3) is 3.66. The van der Waals surface area contributed by atoms with Gasteiger partial charge in [0.15, 0.2) is 9.84 Å². The molecule has 25 heavy (non-hydrogen) atoms. The largest absolute Gasteiger partial charge is 0.416 e. The summed E-state index contributed by atoms with van der Waals surface area (Å²) in [5, 5.41) is 0. The molecule has 2 aromatic rings. The average molecular weight is 365 g/mol. The Labute approximate surface area is 143 Å². The maximum atomic E-state index is 12.7. The molecule has 0 radical (unpaired) electrons. The van der Waals surface area contributed by atoms with Gasteiger partial charge < -0.3 is 0 Å². The molecule has 1 aromatic heterocycles. The molecule has 0 aliphatic heterocycles. The zero-order valence-corrected chi connectivity index (χ0v) is 14.0. The highest BCUT2D eigenvalue weighted by atomic mass is 32.2. The summed E-state index contributed by atoms with van der Waals surface area (Å²) in [7, 11) is -3.33. The van der Waals surface area contributed by atoms with Crippen molar-refractivity contribution in [3.63, 3.8) is 0 Å². The smallest absolute Gasteiger partial charge is 0.255 e. The van der Waals surface area contributed by atoms with Crippen molar-refractivity contribution in [3.05, 3.63) is 71.6 Å². The topological polar surface area (TPSA) is 47.0 Å². The normalized spacial score (nSPS) is 15.0. The maximum Gasteiger partial charge on any atom is 0.416 e. The summed E-state index contributed by atoms with van der Waals surface area (Å²) in [5.41, 5.74) is 2.10. The highest BCUT2D eigenvalue weighted by Crippen LogP contribution is 2.37. The number of benzene rings is 1. The van der Waals surface area contributed by atoms with Crippen LogP contribution in [0.3, 0.4) is 0 Å². The molecule has 7 heteroatoms. The van der Waals surface area contributed by atoms with Crippen molar-refractivity contribution in [2.45, 2.75) is 17.5 Å². The van der Waals surface area contributed by atoms with Gasteiger partial charge in [-0.15, -0.1) is 0 Å². The first kappa shape index (κ1) is 17.4. The first-order chi connectivity index (χ1) is 11.7. The van der Waals surface area contributed by atoms with Crippen LogP contribution in [0, 0.1) is 0 Å². The minimum atomic E-state index is -4.37. The van der Waals surface area contributed by atoms with Crippen LogP contribution in [0.2, 0.25) is 0 Å². The van der Waals surface area contributed by atoms with Gasteiger partial charge in [0.1, 0.15) is 0 Å². The van der Waals surface area contributed by atoms with E-state index in [0.29, 0.717) is 17.7 Å². The summed E-state index contributed by atoms with van der Waals surface area (Å²) < 4.78 is 61.1. The number of alkyl halides is 3. The van der Waals surface area contributed by atoms with E-state index in [1.807, 2.05) is 12.2 Å². The third-order valence-corrected chi connectivity index (χ3v) is 5.00. The van der Waals surface area contributed by atoms with Gasteiger partial charge in [-0.3, -0.25) is 4.98 Å². The molecular formula is C18H14F3NO2S. The number of allylic oxidation sites excluding steroid dienone is 4. The highest BCUT2D eigenvalue weighted by molar-refractivity contribution is 7.90. The van der Waals surface area contributed by atoms with Crippen LogP contribution >= 0.6 is 0 Å². The minimum absolute atomic E-state index is 0.120. The lowest BCUT2D eigenvalue weighted by Gasteiger charge is -2.11. The van der Waals surface area contributed by atoms with Gasteiger partial charge in [0.2, 0.25) is 0 Å². The molecule has 1 heterocycles. The van der Waals surface area contributed by atoms with Crippen molar-refractivity contribution in [1.29, 1.82) is 0 Å². The van der Waals surface area contributed by atoms with E-state index in [1.54, 1.807) is 6.07 Å². The van der Waals surface area contributed by atoms with E-state index >= 15 is 0 Å². The van der Waals surface area contributed by atoms with Crippen molar-refractivity contribution in [1.82, 2.24) is 4.98 Å². The molecule has 0 unspecified atom stereocenters. The molecule has 1 aliphatic carbocycles. The second-order valence-electron chi connectivity index (χ2n) is 5.70. The molecule has 130 valence electrons. The first-order valence-corrected chi connectivity index (χ1v) is 9.30. The van der Waals surface area contributed by atoms with Crippen LogP contribution in [0.1, 0.15) is 23.2 Å². The molecule has 0 spiro atoms. The Morgan fingerprint density at radius 3 is 2.12 bits per heavy atom. The fraction of sp³-hybridized carbons (Fsp3) is 0.167. The van der Waals surface area contributed by atoms with Gasteiger partial charge in [-0.25, -0.2) is 8.42 Å². The lowest BCUT2D eigenvalue weighted by atomic mass is 9.97. The van der Waals surface area contributed by atoms with E-state index in [9.17, 15) is 21.6 Å². The predicted octanol–water partition coefficient (Wildman–Crippen LogP) is 4.37. The van der Waals surface area contributed by atoms with Crippen molar-refractivity contribution >= 4 is 21.0 Å². The van der Waals surface area contributed by atoms with Crippen molar-refractivity contribution in [2.75, 3.05) is 6.26 Å². The summed E-state index contributed by atoms with van der Waals surface area (Å²) in [5.74, 6) is 0. The summed E-state index contributed by atoms with van der Waals surface area (Å²) in [6, 6.07) is 8.03. The lowest BCUT2D eigenvalue weighted by molar-refractivity contribution is -0.137. The molecule has 0 saturated carbocycles. The van der Waals surface area contributed by atoms with Crippen molar-refractivity contribution in [3.8, 4) is 0 Å². The number of hydrogen-bond donors (Lipinski definition) is 0. The zero-order valence-electron chi connectivity index (χ0n) is 13.2. The van der Waals surface area contributed by atoms with Crippen LogP contribution in [0.4, 0.5) is 13.2 Å². The zero-order chi connectivity index (χ0) is 18.2. The third-order valence-electron chi connectivity index (χ3n) is 3.90. The van der Waals surface area contributed by atoms with E-state index in [4.69, 9.17) is 0 Å². The number of nitrogens with zero attached hydrogens (tertiary/aromatic N) is 1. The highest BCUT2D eigenvalue weighted by Gasteiger charge is 2.30. The molecule has 0 bridgehead atoms. The van der Waals surface area contributed by atoms with Crippen LogP contribution in [0.25, 0.3) is 11.1 Å². The molecule has 0 fully saturated rings. The molecule has 1 aromatic carbocycles. The van der Waals surface area contributed by atoms with Crippen LogP contribution in [-0.2, 0) is 16.0 Å².